The van der Waals surface area contributed by atoms with Gasteiger partial charge in [-0.05, 0) is 65.8 Å². The van der Waals surface area contributed by atoms with Crippen molar-refractivity contribution >= 4 is 57.3 Å². The second-order valence-corrected chi connectivity index (χ2v) is 17.0. The molecular weight excluding hydrogens is 665 g/mol. The van der Waals surface area contributed by atoms with Crippen molar-refractivity contribution in [1.82, 2.24) is 0 Å². The Morgan fingerprint density at radius 1 is 0.647 bits per heavy atom. The average molecular weight is 725 g/mol. The summed E-state index contributed by atoms with van der Waals surface area (Å²) >= 11 is 0. The highest BCUT2D eigenvalue weighted by Gasteiger charge is 2.10. The predicted octanol–water partition coefficient (Wildman–Crippen LogP) is 6.31. The lowest BCUT2D eigenvalue weighted by atomic mass is 10.1. The fourth-order valence-corrected chi connectivity index (χ4v) is 7.52. The number of pyridine rings is 2. The molecule has 2 aromatic heterocycles. The molecule has 2 heterocycles. The van der Waals surface area contributed by atoms with E-state index in [2.05, 4.69) is 202 Å². The number of benzene rings is 2. The van der Waals surface area contributed by atoms with Gasteiger partial charge < -0.3 is 19.2 Å². The lowest BCUT2D eigenvalue weighted by Crippen LogP contribution is -3.00. The van der Waals surface area contributed by atoms with Crippen LogP contribution in [0, 0.1) is 0 Å². The second-order valence-electron chi connectivity index (χ2n) is 14.3. The van der Waals surface area contributed by atoms with Crippen LogP contribution in [0.2, 0.25) is 0 Å². The summed E-state index contributed by atoms with van der Waals surface area (Å²) in [6.45, 7) is 5.10. The molecule has 270 valence electrons. The van der Waals surface area contributed by atoms with Gasteiger partial charge in [-0.3, -0.25) is 0 Å². The molecule has 0 unspecified atom stereocenters. The first-order chi connectivity index (χ1) is 24.6. The van der Waals surface area contributed by atoms with Crippen molar-refractivity contribution < 1.29 is 18.5 Å². The second kappa shape index (κ2) is 20.9. The zero-order valence-corrected chi connectivity index (χ0v) is 33.5. The molecule has 0 aliphatic carbocycles. The number of aryl methyl sites for hydroxylation is 2. The minimum Gasteiger partial charge on any atom is -0.374 e. The number of quaternary nitrogens is 2. The van der Waals surface area contributed by atoms with E-state index in [1.807, 2.05) is 21.6 Å². The van der Waals surface area contributed by atoms with Gasteiger partial charge in [-0.2, -0.15) is 9.13 Å². The van der Waals surface area contributed by atoms with E-state index < -0.39 is 0 Å². The van der Waals surface area contributed by atoms with Crippen molar-refractivity contribution in [2.75, 3.05) is 90.3 Å². The van der Waals surface area contributed by atoms with Gasteiger partial charge in [0.2, 0.25) is 11.4 Å². The van der Waals surface area contributed by atoms with Crippen LogP contribution in [0.4, 0.5) is 11.4 Å². The van der Waals surface area contributed by atoms with Gasteiger partial charge in [0.25, 0.3) is 0 Å². The highest BCUT2D eigenvalue weighted by molar-refractivity contribution is 8.76. The van der Waals surface area contributed by atoms with Crippen LogP contribution < -0.4 is 23.8 Å². The van der Waals surface area contributed by atoms with Gasteiger partial charge in [-0.15, -0.1) is 0 Å². The molecule has 0 saturated heterocycles. The molecule has 0 spiro atoms. The molecule has 4 aromatic rings. The van der Waals surface area contributed by atoms with Gasteiger partial charge in [0.1, 0.15) is 0 Å². The summed E-state index contributed by atoms with van der Waals surface area (Å²) in [5, 5.41) is 0. The summed E-state index contributed by atoms with van der Waals surface area (Å²) in [6, 6.07) is 30.6. The first-order valence-corrected chi connectivity index (χ1v) is 20.5. The third-order valence-corrected chi connectivity index (χ3v) is 10.9. The number of nitrogens with one attached hydrogen (secondary N) is 1. The Bertz CT molecular complexity index is 1690. The zero-order chi connectivity index (χ0) is 36.5. The Morgan fingerprint density at radius 2 is 1.14 bits per heavy atom. The Kier molecular flexibility index (Phi) is 16.4. The van der Waals surface area contributed by atoms with Crippen LogP contribution in [0.15, 0.2) is 110 Å². The number of aromatic nitrogens is 2. The Hall–Kier alpha value is -3.82. The normalized spacial score (nSPS) is 12.2. The minimum absolute atomic E-state index is 0.899. The number of hydrogen-bond acceptors (Lipinski definition) is 4. The number of hydrogen-bond donors (Lipinski definition) is 1. The summed E-state index contributed by atoms with van der Waals surface area (Å²) < 4.78 is 5.70. The Labute approximate surface area is 316 Å². The molecule has 2 aromatic carbocycles. The molecule has 0 fully saturated rings. The average Bonchev–Trinajstić information content (AvgIpc) is 3.11. The Morgan fingerprint density at radius 3 is 1.61 bits per heavy atom. The maximum atomic E-state index is 2.35. The summed E-state index contributed by atoms with van der Waals surface area (Å²) in [6.07, 6.45) is 18.8. The molecule has 51 heavy (non-hydrogen) atoms. The molecule has 0 radical (unpaired) electrons. The van der Waals surface area contributed by atoms with Crippen molar-refractivity contribution in [2.45, 2.75) is 19.5 Å². The molecular formula is C43H60N6S2+4. The SMILES string of the molecule is CN(C/C=C/[NH+](C)C)c1ccc(/C=C/c2cccc[n+]2CCSSCC[n+]2ccccc2/C=C/c2ccc(N(C)CCC[N+](C)(C)C)cc2)cc1. The number of nitrogens with zero attached hydrogens (tertiary/aromatic N) is 5. The molecule has 1 N–H and O–H groups in total. The monoisotopic (exact) mass is 724 g/mol. The third-order valence-electron chi connectivity index (χ3n) is 8.58. The highest BCUT2D eigenvalue weighted by Crippen LogP contribution is 2.21. The highest BCUT2D eigenvalue weighted by atomic mass is 33.1. The standard InChI is InChI=1S/C43H59N6S2/c1-44(2)28-12-29-45(3)40-22-16-38(17-23-40)20-26-42-14-8-10-31-47(42)33-36-50-51-37-34-48-32-11-9-15-43(48)27-21-39-18-24-41(25-19-39)46(4)30-13-35-49(5,6)7/h8-12,14-28,31-32H,13,29-30,33-37H2,1-7H3/q+3/p+1/b28-12+. The maximum absolute atomic E-state index is 2.35. The van der Waals surface area contributed by atoms with Crippen LogP contribution in [-0.4, -0.2) is 85.0 Å². The van der Waals surface area contributed by atoms with Gasteiger partial charge in [0.05, 0.1) is 59.5 Å². The smallest absolute Gasteiger partial charge is 0.205 e. The molecule has 0 atom stereocenters. The van der Waals surface area contributed by atoms with Crippen molar-refractivity contribution in [1.29, 1.82) is 0 Å². The minimum atomic E-state index is 0.899. The lowest BCUT2D eigenvalue weighted by molar-refractivity contribution is -0.870. The van der Waals surface area contributed by atoms with Crippen molar-refractivity contribution in [3.8, 4) is 0 Å². The largest absolute Gasteiger partial charge is 0.374 e. The molecule has 0 aliphatic heterocycles. The Balaban J connectivity index is 1.21. The molecule has 0 amide bonds. The maximum Gasteiger partial charge on any atom is 0.205 e. The van der Waals surface area contributed by atoms with Crippen molar-refractivity contribution in [2.24, 2.45) is 0 Å². The van der Waals surface area contributed by atoms with E-state index in [0.29, 0.717) is 0 Å². The van der Waals surface area contributed by atoms with E-state index in [4.69, 9.17) is 0 Å². The lowest BCUT2D eigenvalue weighted by Gasteiger charge is -2.26. The first-order valence-electron chi connectivity index (χ1n) is 18.0. The number of anilines is 2. The number of likely N-dealkylation sites (N-methyl/N-ethyl adjacent to an activating group) is 1. The van der Waals surface area contributed by atoms with Gasteiger partial charge in [-0.1, -0.05) is 45.9 Å². The summed E-state index contributed by atoms with van der Waals surface area (Å²) in [5.41, 5.74) is 7.36. The van der Waals surface area contributed by atoms with E-state index in [-0.39, 0.29) is 0 Å². The predicted molar refractivity (Wildman–Crippen MR) is 225 cm³/mol. The van der Waals surface area contributed by atoms with Gasteiger partial charge in [-0.25, -0.2) is 0 Å². The zero-order valence-electron chi connectivity index (χ0n) is 31.9. The topological polar surface area (TPSA) is 18.7 Å². The molecule has 6 nitrogen and oxygen atoms in total. The van der Waals surface area contributed by atoms with Crippen LogP contribution in [0.1, 0.15) is 28.9 Å². The van der Waals surface area contributed by atoms with Gasteiger partial charge in [0.15, 0.2) is 25.5 Å². The first kappa shape index (κ1) is 40.0. The van der Waals surface area contributed by atoms with Crippen LogP contribution in [0.5, 0.6) is 0 Å². The van der Waals surface area contributed by atoms with Crippen LogP contribution >= 0.6 is 21.6 Å². The quantitative estimate of drug-likeness (QED) is 0.0499. The van der Waals surface area contributed by atoms with E-state index >= 15 is 0 Å². The van der Waals surface area contributed by atoms with Crippen LogP contribution in [0.25, 0.3) is 24.3 Å². The third kappa shape index (κ3) is 14.7. The molecule has 0 saturated carbocycles. The molecule has 4 rings (SSSR count). The molecule has 0 aliphatic rings. The van der Waals surface area contributed by atoms with E-state index in [1.165, 1.54) is 51.8 Å². The molecule has 8 heteroatoms. The fourth-order valence-electron chi connectivity index (χ4n) is 5.58. The van der Waals surface area contributed by atoms with E-state index in [0.717, 1.165) is 42.2 Å². The summed E-state index contributed by atoms with van der Waals surface area (Å²) in [5.74, 6) is 2.11. The summed E-state index contributed by atoms with van der Waals surface area (Å²) in [7, 11) is 19.2. The van der Waals surface area contributed by atoms with Gasteiger partial charge >= 0.3 is 0 Å². The van der Waals surface area contributed by atoms with E-state index in [9.17, 15) is 0 Å². The van der Waals surface area contributed by atoms with Crippen LogP contribution in [0.3, 0.4) is 0 Å². The van der Waals surface area contributed by atoms with Gasteiger partial charge in [0, 0.05) is 81.4 Å². The fraction of sp³-hybridized carbons (Fsp3) is 0.349. The van der Waals surface area contributed by atoms with Crippen LogP contribution in [-0.2, 0) is 13.1 Å². The molecule has 0 bridgehead atoms. The van der Waals surface area contributed by atoms with Crippen molar-refractivity contribution in [3.05, 3.63) is 132 Å². The van der Waals surface area contributed by atoms with E-state index in [1.54, 1.807) is 0 Å². The van der Waals surface area contributed by atoms with Crippen molar-refractivity contribution in [3.63, 3.8) is 0 Å². The number of rotatable bonds is 20. The summed E-state index contributed by atoms with van der Waals surface area (Å²) in [4.78, 5) is 5.94.